The molecule has 0 unspecified atom stereocenters. The summed E-state index contributed by atoms with van der Waals surface area (Å²) in [5.74, 6) is 1.88. The predicted octanol–water partition coefficient (Wildman–Crippen LogP) is 7.86. The van der Waals surface area contributed by atoms with Crippen LogP contribution in [-0.4, -0.2) is 4.57 Å². The van der Waals surface area contributed by atoms with E-state index >= 15 is 0 Å². The summed E-state index contributed by atoms with van der Waals surface area (Å²) in [6.45, 7) is 22.9. The van der Waals surface area contributed by atoms with Gasteiger partial charge in [-0.3, -0.25) is 0 Å². The van der Waals surface area contributed by atoms with E-state index in [-0.39, 0.29) is 0 Å². The minimum atomic E-state index is 0.471. The van der Waals surface area contributed by atoms with E-state index in [0.29, 0.717) is 23.7 Å². The molecule has 166 valence electrons. The second-order valence-corrected chi connectivity index (χ2v) is 10.2. The fourth-order valence-electron chi connectivity index (χ4n) is 4.67. The fraction of sp³-hybridized carbons (Fsp3) is 0.483. The predicted molar refractivity (Wildman–Crippen MR) is 133 cm³/mol. The Bertz CT molecular complexity index is 928. The molecular weight excluding hydrogens is 376 g/mol. The molecular formula is C29H41N2+. The van der Waals surface area contributed by atoms with Gasteiger partial charge in [0.2, 0.25) is 0 Å². The Kier molecular flexibility index (Phi) is 6.79. The van der Waals surface area contributed by atoms with Crippen LogP contribution in [0.2, 0.25) is 0 Å². The Balaban J connectivity index is 2.38. The van der Waals surface area contributed by atoms with Crippen molar-refractivity contribution in [2.24, 2.45) is 0 Å². The lowest BCUT2D eigenvalue weighted by atomic mass is 9.92. The molecule has 2 heteroatoms. The van der Waals surface area contributed by atoms with Gasteiger partial charge >= 0.3 is 0 Å². The zero-order valence-electron chi connectivity index (χ0n) is 21.2. The lowest BCUT2D eigenvalue weighted by molar-refractivity contribution is -0.602. The van der Waals surface area contributed by atoms with Crippen molar-refractivity contribution in [1.29, 1.82) is 0 Å². The summed E-state index contributed by atoms with van der Waals surface area (Å²) in [6.07, 6.45) is 2.34. The molecule has 1 aromatic heterocycles. The minimum Gasteiger partial charge on any atom is -0.199 e. The zero-order valence-corrected chi connectivity index (χ0v) is 21.2. The largest absolute Gasteiger partial charge is 0.254 e. The molecule has 31 heavy (non-hydrogen) atoms. The Hall–Kier alpha value is -2.35. The van der Waals surface area contributed by atoms with Crippen molar-refractivity contribution in [3.63, 3.8) is 0 Å². The van der Waals surface area contributed by atoms with Gasteiger partial charge < -0.3 is 0 Å². The maximum absolute atomic E-state index is 2.45. The molecule has 1 heterocycles. The normalized spacial score (nSPS) is 12.1. The van der Waals surface area contributed by atoms with E-state index in [1.165, 1.54) is 45.0 Å². The molecule has 0 spiro atoms. The molecule has 2 nitrogen and oxygen atoms in total. The monoisotopic (exact) mass is 417 g/mol. The van der Waals surface area contributed by atoms with Crippen molar-refractivity contribution in [2.45, 2.75) is 92.9 Å². The van der Waals surface area contributed by atoms with Gasteiger partial charge in [0.15, 0.2) is 0 Å². The summed E-state index contributed by atoms with van der Waals surface area (Å²) in [4.78, 5) is 0. The number of nitrogens with zero attached hydrogens (tertiary/aromatic N) is 2. The van der Waals surface area contributed by atoms with Crippen LogP contribution < -0.4 is 4.57 Å². The fourth-order valence-corrected chi connectivity index (χ4v) is 4.67. The van der Waals surface area contributed by atoms with Crippen LogP contribution in [0.5, 0.6) is 0 Å². The van der Waals surface area contributed by atoms with Crippen LogP contribution in [0.15, 0.2) is 42.7 Å². The standard InChI is InChI=1S/C29H41N2/c1-18(2)24-13-11-14-25(19(3)4)28(24)30-17-31(23(10)22(30)9)29-26(20(5)6)15-12-16-27(29)21(7)8/h11-21H,1-10H3/q+1. The average Bonchev–Trinajstić information content (AvgIpc) is 3.00. The lowest BCUT2D eigenvalue weighted by Gasteiger charge is -2.17. The third-order valence-corrected chi connectivity index (χ3v) is 6.64. The number of hydrogen-bond donors (Lipinski definition) is 0. The molecule has 2 aromatic carbocycles. The van der Waals surface area contributed by atoms with Gasteiger partial charge in [0.05, 0.1) is 0 Å². The molecule has 0 fully saturated rings. The number of benzene rings is 2. The quantitative estimate of drug-likeness (QED) is 0.361. The molecule has 0 atom stereocenters. The Morgan fingerprint density at radius 2 is 1.00 bits per heavy atom. The van der Waals surface area contributed by atoms with Crippen LogP contribution in [0.4, 0.5) is 0 Å². The van der Waals surface area contributed by atoms with Crippen molar-refractivity contribution in [3.05, 3.63) is 76.4 Å². The number of hydrogen-bond acceptors (Lipinski definition) is 0. The first-order valence-electron chi connectivity index (χ1n) is 11.9. The van der Waals surface area contributed by atoms with Gasteiger partial charge in [-0.1, -0.05) is 91.8 Å². The van der Waals surface area contributed by atoms with Gasteiger partial charge in [-0.2, -0.15) is 9.13 Å². The molecule has 0 aliphatic rings. The van der Waals surface area contributed by atoms with Gasteiger partial charge in [0, 0.05) is 36.1 Å². The molecule has 0 N–H and O–H groups in total. The first kappa shape index (κ1) is 23.3. The highest BCUT2D eigenvalue weighted by molar-refractivity contribution is 5.52. The highest BCUT2D eigenvalue weighted by atomic mass is 15.2. The molecule has 0 radical (unpaired) electrons. The van der Waals surface area contributed by atoms with E-state index in [0.717, 1.165) is 0 Å². The minimum absolute atomic E-state index is 0.471. The molecule has 0 saturated heterocycles. The van der Waals surface area contributed by atoms with Gasteiger partial charge in [0.1, 0.15) is 22.8 Å². The smallest absolute Gasteiger partial charge is 0.199 e. The Morgan fingerprint density at radius 1 is 0.613 bits per heavy atom. The van der Waals surface area contributed by atoms with E-state index < -0.39 is 0 Å². The molecule has 3 aromatic rings. The van der Waals surface area contributed by atoms with Gasteiger partial charge in [-0.05, 0) is 23.7 Å². The van der Waals surface area contributed by atoms with E-state index in [4.69, 9.17) is 0 Å². The Labute approximate surface area is 190 Å². The van der Waals surface area contributed by atoms with Gasteiger partial charge in [-0.25, -0.2) is 0 Å². The molecule has 0 amide bonds. The maximum atomic E-state index is 2.45. The molecule has 0 bridgehead atoms. The van der Waals surface area contributed by atoms with Crippen LogP contribution in [0.1, 0.15) is 113 Å². The van der Waals surface area contributed by atoms with E-state index in [2.05, 4.69) is 121 Å². The summed E-state index contributed by atoms with van der Waals surface area (Å²) in [5, 5.41) is 0. The first-order valence-corrected chi connectivity index (χ1v) is 11.9. The maximum Gasteiger partial charge on any atom is 0.254 e. The van der Waals surface area contributed by atoms with Crippen LogP contribution in [0, 0.1) is 13.8 Å². The SMILES string of the molecule is Cc1c(C)[n+](-c2c(C(C)C)cccc2C(C)C)cn1-c1c(C(C)C)cccc1C(C)C. The molecule has 0 aliphatic heterocycles. The van der Waals surface area contributed by atoms with Gasteiger partial charge in [-0.15, -0.1) is 0 Å². The van der Waals surface area contributed by atoms with Crippen molar-refractivity contribution in [3.8, 4) is 11.4 Å². The first-order chi connectivity index (χ1) is 14.6. The van der Waals surface area contributed by atoms with E-state index in [1.54, 1.807) is 0 Å². The second kappa shape index (κ2) is 9.02. The van der Waals surface area contributed by atoms with Crippen molar-refractivity contribution in [1.82, 2.24) is 4.57 Å². The highest BCUT2D eigenvalue weighted by Crippen LogP contribution is 2.33. The van der Waals surface area contributed by atoms with Crippen LogP contribution >= 0.6 is 0 Å². The highest BCUT2D eigenvalue weighted by Gasteiger charge is 2.28. The van der Waals surface area contributed by atoms with Crippen molar-refractivity contribution in [2.75, 3.05) is 0 Å². The summed E-state index contributed by atoms with van der Waals surface area (Å²) in [5.41, 5.74) is 11.0. The van der Waals surface area contributed by atoms with Crippen molar-refractivity contribution < 1.29 is 4.57 Å². The molecule has 0 aliphatic carbocycles. The van der Waals surface area contributed by atoms with Crippen LogP contribution in [0.25, 0.3) is 11.4 Å². The summed E-state index contributed by atoms with van der Waals surface area (Å²) in [6, 6.07) is 13.6. The number of aromatic nitrogens is 2. The van der Waals surface area contributed by atoms with E-state index in [9.17, 15) is 0 Å². The second-order valence-electron chi connectivity index (χ2n) is 10.2. The van der Waals surface area contributed by atoms with Gasteiger partial charge in [0.25, 0.3) is 6.33 Å². The summed E-state index contributed by atoms with van der Waals surface area (Å²) < 4.78 is 4.89. The number of para-hydroxylation sites is 2. The number of imidazole rings is 1. The third kappa shape index (κ3) is 4.22. The zero-order chi connectivity index (χ0) is 23.0. The Morgan fingerprint density at radius 3 is 1.39 bits per heavy atom. The van der Waals surface area contributed by atoms with Crippen molar-refractivity contribution >= 4 is 0 Å². The average molecular weight is 418 g/mol. The third-order valence-electron chi connectivity index (χ3n) is 6.64. The summed E-state index contributed by atoms with van der Waals surface area (Å²) in [7, 11) is 0. The van der Waals surface area contributed by atoms with Crippen LogP contribution in [-0.2, 0) is 0 Å². The molecule has 0 saturated carbocycles. The topological polar surface area (TPSA) is 8.81 Å². The lowest BCUT2D eigenvalue weighted by Crippen LogP contribution is -2.35. The molecule has 3 rings (SSSR count). The van der Waals surface area contributed by atoms with Crippen LogP contribution in [0.3, 0.4) is 0 Å². The number of rotatable bonds is 6. The summed E-state index contributed by atoms with van der Waals surface area (Å²) >= 11 is 0. The van der Waals surface area contributed by atoms with E-state index in [1.807, 2.05) is 0 Å².